The summed E-state index contributed by atoms with van der Waals surface area (Å²) in [4.78, 5) is 0. The molecule has 26 valence electrons. The Balaban J connectivity index is -0.00000000500. The van der Waals surface area contributed by atoms with Gasteiger partial charge in [-0.25, -0.2) is 0 Å². The quantitative estimate of drug-likeness (QED) is 0.527. The van der Waals surface area contributed by atoms with Crippen LogP contribution >= 0.6 is 0 Å². The van der Waals surface area contributed by atoms with Crippen LogP contribution in [0.15, 0.2) is 0 Å². The third kappa shape index (κ3) is 10.4. The Morgan fingerprint density at radius 3 is 1.25 bits per heavy atom. The second kappa shape index (κ2) is 28.3. The van der Waals surface area contributed by atoms with Gasteiger partial charge in [-0.3, -0.25) is 0 Å². The van der Waals surface area contributed by atoms with Crippen LogP contribution in [0.25, 0.3) is 0 Å². The predicted octanol–water partition coefficient (Wildman–Crippen LogP) is -0.337. The van der Waals surface area contributed by atoms with Crippen molar-refractivity contribution in [1.82, 2.24) is 0 Å². The van der Waals surface area contributed by atoms with Gasteiger partial charge in [-0.15, -0.1) is 0 Å². The zero-order valence-corrected chi connectivity index (χ0v) is 6.80. The van der Waals surface area contributed by atoms with E-state index in [0.29, 0.717) is 0 Å². The molecule has 4 heavy (non-hydrogen) atoms. The van der Waals surface area contributed by atoms with Gasteiger partial charge in [0.1, 0.15) is 0 Å². The summed E-state index contributed by atoms with van der Waals surface area (Å²) in [5.41, 5.74) is 0. The zero-order chi connectivity index (χ0) is 2.00. The van der Waals surface area contributed by atoms with Gasteiger partial charge in [0.05, 0.1) is 7.85 Å². The number of rotatable bonds is 0. The molecule has 0 nitrogen and oxygen atoms in total. The van der Waals surface area contributed by atoms with Gasteiger partial charge in [0.25, 0.3) is 0 Å². The van der Waals surface area contributed by atoms with Crippen LogP contribution in [0, 0.1) is 0 Å². The summed E-state index contributed by atoms with van der Waals surface area (Å²) in [6.45, 7) is 2.00. The molecule has 0 aliphatic carbocycles. The van der Waals surface area contributed by atoms with Crippen LogP contribution in [0.5, 0.6) is 0 Å². The Morgan fingerprint density at radius 1 is 1.25 bits per heavy atom. The van der Waals surface area contributed by atoms with Gasteiger partial charge in [-0.05, 0) is 0 Å². The Hall–Kier alpha value is 1.27. The molecule has 0 radical (unpaired) electrons. The molecule has 0 N–H and O–H groups in total. The SMILES string of the molecule is BC.[Fe].[W]. The van der Waals surface area contributed by atoms with Gasteiger partial charge in [0.2, 0.25) is 0 Å². The smallest absolute Gasteiger partial charge is 0.0927 e. The molecule has 3 heteroatoms. The maximum Gasteiger partial charge on any atom is 0.0973 e. The van der Waals surface area contributed by atoms with E-state index in [1.54, 1.807) is 0 Å². The molecule has 0 fully saturated rings. The van der Waals surface area contributed by atoms with Crippen LogP contribution in [-0.2, 0) is 38.1 Å². The molecular weight excluding hydrogens is 263 g/mol. The fourth-order valence-corrected chi connectivity index (χ4v) is 0. The topological polar surface area (TPSA) is 0 Å². The van der Waals surface area contributed by atoms with E-state index in [9.17, 15) is 0 Å². The van der Waals surface area contributed by atoms with Crippen molar-refractivity contribution in [1.29, 1.82) is 0 Å². The van der Waals surface area contributed by atoms with Crippen molar-refractivity contribution < 1.29 is 38.1 Å². The Bertz CT molecular complexity index is 8.00. The van der Waals surface area contributed by atoms with Crippen LogP contribution in [-0.4, -0.2) is 7.85 Å². The maximum absolute atomic E-state index is 2.00. The summed E-state index contributed by atoms with van der Waals surface area (Å²) in [7, 11) is 2.00. The second-order valence-electron chi connectivity index (χ2n) is 0. The fourth-order valence-electron chi connectivity index (χ4n) is 0. The molecule has 0 aliphatic rings. The van der Waals surface area contributed by atoms with Crippen molar-refractivity contribution in [3.05, 3.63) is 0 Å². The summed E-state index contributed by atoms with van der Waals surface area (Å²) in [6, 6.07) is 0. The van der Waals surface area contributed by atoms with Crippen LogP contribution in [0.2, 0.25) is 6.82 Å². The van der Waals surface area contributed by atoms with E-state index in [1.165, 1.54) is 0 Å². The minimum Gasteiger partial charge on any atom is -0.0927 e. The molecule has 0 atom stereocenters. The average molecular weight is 268 g/mol. The van der Waals surface area contributed by atoms with E-state index in [1.807, 2.05) is 14.7 Å². The van der Waals surface area contributed by atoms with Crippen molar-refractivity contribution in [2.75, 3.05) is 0 Å². The monoisotopic (exact) mass is 268 g/mol. The molecule has 0 aromatic rings. The minimum atomic E-state index is 0. The van der Waals surface area contributed by atoms with Crippen molar-refractivity contribution in [3.63, 3.8) is 0 Å². The second-order valence-corrected chi connectivity index (χ2v) is 0. The first-order valence-electron chi connectivity index (χ1n) is 1.00. The number of hydrogen-bond donors (Lipinski definition) is 0. The molecule has 0 heterocycles. The molecule has 0 rings (SSSR count). The number of hydrogen-bond acceptors (Lipinski definition) is 0. The van der Waals surface area contributed by atoms with Crippen molar-refractivity contribution in [2.24, 2.45) is 0 Å². The standard InChI is InChI=1S/CH5B.Fe.W/c1-2;;/h2H2,1H3;;. The van der Waals surface area contributed by atoms with Crippen LogP contribution < -0.4 is 0 Å². The Labute approximate surface area is 52.9 Å². The van der Waals surface area contributed by atoms with E-state index in [2.05, 4.69) is 0 Å². The van der Waals surface area contributed by atoms with Crippen LogP contribution in [0.1, 0.15) is 0 Å². The molecular formula is CH5BFeW. The molecule has 0 saturated carbocycles. The minimum absolute atomic E-state index is 0. The summed E-state index contributed by atoms with van der Waals surface area (Å²) >= 11 is 0. The summed E-state index contributed by atoms with van der Waals surface area (Å²) in [6.07, 6.45) is 0. The van der Waals surface area contributed by atoms with E-state index < -0.39 is 0 Å². The molecule has 0 bridgehead atoms. The third-order valence-corrected chi connectivity index (χ3v) is 0. The van der Waals surface area contributed by atoms with Gasteiger partial charge in [0.15, 0.2) is 0 Å². The molecule has 0 amide bonds. The van der Waals surface area contributed by atoms with Gasteiger partial charge in [-0.2, -0.15) is 0 Å². The summed E-state index contributed by atoms with van der Waals surface area (Å²) in [5.74, 6) is 0. The van der Waals surface area contributed by atoms with Crippen molar-refractivity contribution in [3.8, 4) is 0 Å². The molecule has 0 unspecified atom stereocenters. The Kier molecular flexibility index (Phi) is 132. The van der Waals surface area contributed by atoms with Crippen LogP contribution in [0.4, 0.5) is 0 Å². The maximum atomic E-state index is 2.00. The fraction of sp³-hybridized carbons (Fsp3) is 1.00. The first kappa shape index (κ1) is 18.6. The molecule has 0 aromatic carbocycles. The van der Waals surface area contributed by atoms with E-state index in [4.69, 9.17) is 0 Å². The molecule has 0 saturated heterocycles. The van der Waals surface area contributed by atoms with Crippen LogP contribution in [0.3, 0.4) is 0 Å². The van der Waals surface area contributed by atoms with Crippen molar-refractivity contribution >= 4 is 7.85 Å². The van der Waals surface area contributed by atoms with Gasteiger partial charge in [-0.1, -0.05) is 6.82 Å². The molecule has 0 aromatic heterocycles. The van der Waals surface area contributed by atoms with Gasteiger partial charge < -0.3 is 0 Å². The summed E-state index contributed by atoms with van der Waals surface area (Å²) in [5, 5.41) is 0. The van der Waals surface area contributed by atoms with E-state index >= 15 is 0 Å². The zero-order valence-electron chi connectivity index (χ0n) is 2.76. The first-order valence-corrected chi connectivity index (χ1v) is 1.00. The van der Waals surface area contributed by atoms with Gasteiger partial charge in [0, 0.05) is 38.1 Å². The van der Waals surface area contributed by atoms with E-state index in [-0.39, 0.29) is 38.1 Å². The Morgan fingerprint density at radius 2 is 1.25 bits per heavy atom. The first-order chi connectivity index (χ1) is 1.00. The largest absolute Gasteiger partial charge is 0.0973 e. The van der Waals surface area contributed by atoms with E-state index in [0.717, 1.165) is 0 Å². The third-order valence-electron chi connectivity index (χ3n) is 0. The molecule has 0 spiro atoms. The molecule has 0 aliphatic heterocycles. The van der Waals surface area contributed by atoms with Gasteiger partial charge >= 0.3 is 0 Å². The van der Waals surface area contributed by atoms with Crippen molar-refractivity contribution in [2.45, 2.75) is 6.82 Å². The predicted molar refractivity (Wildman–Crippen MR) is 14.4 cm³/mol. The summed E-state index contributed by atoms with van der Waals surface area (Å²) < 4.78 is 0. The normalized spacial score (nSPS) is 1.25. The average Bonchev–Trinajstić information content (AvgIpc) is 1.00.